The molecule has 0 atom stereocenters. The Morgan fingerprint density at radius 2 is 2.15 bits per heavy atom. The van der Waals surface area contributed by atoms with E-state index in [4.69, 9.17) is 17.3 Å². The van der Waals surface area contributed by atoms with Gasteiger partial charge in [-0.25, -0.2) is 4.79 Å². The van der Waals surface area contributed by atoms with Crippen molar-refractivity contribution in [3.63, 3.8) is 0 Å². The van der Waals surface area contributed by atoms with E-state index >= 15 is 0 Å². The molecule has 1 aromatic carbocycles. The van der Waals surface area contributed by atoms with E-state index in [2.05, 4.69) is 4.74 Å². The van der Waals surface area contributed by atoms with Crippen molar-refractivity contribution < 1.29 is 9.53 Å². The summed E-state index contributed by atoms with van der Waals surface area (Å²) >= 11 is 5.83. The second-order valence-corrected chi connectivity index (χ2v) is 3.07. The number of halogens is 1. The highest BCUT2D eigenvalue weighted by Crippen LogP contribution is 2.23. The zero-order chi connectivity index (χ0) is 10.0. The first-order valence-corrected chi connectivity index (χ1v) is 4.08. The normalized spacial score (nSPS) is 9.77. The second kappa shape index (κ2) is 3.66. The fourth-order valence-corrected chi connectivity index (χ4v) is 1.25. The van der Waals surface area contributed by atoms with Crippen LogP contribution in [-0.4, -0.2) is 13.1 Å². The zero-order valence-electron chi connectivity index (χ0n) is 7.43. The Morgan fingerprint density at radius 1 is 1.54 bits per heavy atom. The van der Waals surface area contributed by atoms with Crippen molar-refractivity contribution in [3.05, 3.63) is 28.3 Å². The van der Waals surface area contributed by atoms with E-state index in [1.165, 1.54) is 7.11 Å². The van der Waals surface area contributed by atoms with Gasteiger partial charge in [-0.1, -0.05) is 11.6 Å². The van der Waals surface area contributed by atoms with Crippen LogP contribution in [0, 0.1) is 6.92 Å². The molecule has 0 spiro atoms. The van der Waals surface area contributed by atoms with Crippen LogP contribution in [0.1, 0.15) is 15.9 Å². The van der Waals surface area contributed by atoms with Crippen molar-refractivity contribution in [2.24, 2.45) is 0 Å². The molecule has 0 saturated carbocycles. The lowest BCUT2D eigenvalue weighted by atomic mass is 10.1. The number of ether oxygens (including phenoxy) is 1. The van der Waals surface area contributed by atoms with E-state index in [9.17, 15) is 4.79 Å². The standard InChI is InChI=1S/C9H10ClNO2/c1-5-7(9(12)13-2)3-6(11)4-8(5)10/h3-4H,11H2,1-2H3. The van der Waals surface area contributed by atoms with E-state index < -0.39 is 5.97 Å². The first-order valence-electron chi connectivity index (χ1n) is 3.70. The Hall–Kier alpha value is -1.22. The molecule has 2 N–H and O–H groups in total. The average molecular weight is 200 g/mol. The van der Waals surface area contributed by atoms with Crippen LogP contribution in [-0.2, 0) is 4.74 Å². The Balaban J connectivity index is 3.28. The molecule has 0 aliphatic rings. The molecular formula is C9H10ClNO2. The molecule has 0 aromatic heterocycles. The van der Waals surface area contributed by atoms with E-state index in [0.29, 0.717) is 21.8 Å². The summed E-state index contributed by atoms with van der Waals surface area (Å²) in [4.78, 5) is 11.2. The molecular weight excluding hydrogens is 190 g/mol. The third kappa shape index (κ3) is 1.92. The van der Waals surface area contributed by atoms with Crippen LogP contribution in [0.4, 0.5) is 5.69 Å². The van der Waals surface area contributed by atoms with Gasteiger partial charge in [0.05, 0.1) is 12.7 Å². The van der Waals surface area contributed by atoms with Gasteiger partial charge in [-0.2, -0.15) is 0 Å². The van der Waals surface area contributed by atoms with Crippen molar-refractivity contribution in [2.45, 2.75) is 6.92 Å². The van der Waals surface area contributed by atoms with Gasteiger partial charge in [-0.15, -0.1) is 0 Å². The van der Waals surface area contributed by atoms with Crippen molar-refractivity contribution in [1.29, 1.82) is 0 Å². The number of anilines is 1. The number of methoxy groups -OCH3 is 1. The molecule has 4 heteroatoms. The molecule has 70 valence electrons. The van der Waals surface area contributed by atoms with E-state index in [1.807, 2.05) is 0 Å². The Labute approximate surface area is 81.4 Å². The number of hydrogen-bond donors (Lipinski definition) is 1. The summed E-state index contributed by atoms with van der Waals surface area (Å²) < 4.78 is 4.57. The summed E-state index contributed by atoms with van der Waals surface area (Å²) in [5.74, 6) is -0.424. The minimum Gasteiger partial charge on any atom is -0.465 e. The molecule has 1 aromatic rings. The quantitative estimate of drug-likeness (QED) is 0.556. The molecule has 0 amide bonds. The van der Waals surface area contributed by atoms with E-state index in [1.54, 1.807) is 19.1 Å². The number of nitrogens with two attached hydrogens (primary N) is 1. The summed E-state index contributed by atoms with van der Waals surface area (Å²) in [5, 5.41) is 0.473. The van der Waals surface area contributed by atoms with Crippen molar-refractivity contribution >= 4 is 23.3 Å². The summed E-state index contributed by atoms with van der Waals surface area (Å²) in [6.45, 7) is 1.74. The third-order valence-corrected chi connectivity index (χ3v) is 2.16. The molecule has 1 rings (SSSR count). The van der Waals surface area contributed by atoms with E-state index in [-0.39, 0.29) is 0 Å². The Morgan fingerprint density at radius 3 is 2.69 bits per heavy atom. The zero-order valence-corrected chi connectivity index (χ0v) is 8.18. The van der Waals surface area contributed by atoms with Gasteiger partial charge in [0.1, 0.15) is 0 Å². The molecule has 0 radical (unpaired) electrons. The monoisotopic (exact) mass is 199 g/mol. The number of rotatable bonds is 1. The first kappa shape index (κ1) is 9.86. The van der Waals surface area contributed by atoms with Gasteiger partial charge in [0.2, 0.25) is 0 Å². The summed E-state index contributed by atoms with van der Waals surface area (Å²) in [7, 11) is 1.32. The minimum atomic E-state index is -0.424. The Kier molecular flexibility index (Phi) is 2.78. The maximum absolute atomic E-state index is 11.2. The smallest absolute Gasteiger partial charge is 0.338 e. The van der Waals surface area contributed by atoms with Crippen molar-refractivity contribution in [1.82, 2.24) is 0 Å². The molecule has 0 unspecified atom stereocenters. The minimum absolute atomic E-state index is 0.410. The average Bonchev–Trinajstić information content (AvgIpc) is 2.10. The van der Waals surface area contributed by atoms with Gasteiger partial charge < -0.3 is 10.5 Å². The molecule has 0 bridgehead atoms. The van der Waals surface area contributed by atoms with Gasteiger partial charge in [0.25, 0.3) is 0 Å². The maximum Gasteiger partial charge on any atom is 0.338 e. The van der Waals surface area contributed by atoms with Crippen LogP contribution in [0.25, 0.3) is 0 Å². The highest BCUT2D eigenvalue weighted by Gasteiger charge is 2.12. The van der Waals surface area contributed by atoms with E-state index in [0.717, 1.165) is 0 Å². The molecule has 0 fully saturated rings. The number of benzene rings is 1. The lowest BCUT2D eigenvalue weighted by molar-refractivity contribution is 0.0600. The van der Waals surface area contributed by atoms with Crippen LogP contribution >= 0.6 is 11.6 Å². The SMILES string of the molecule is COC(=O)c1cc(N)cc(Cl)c1C. The van der Waals surface area contributed by atoms with Gasteiger partial charge in [-0.3, -0.25) is 0 Å². The molecule has 0 aliphatic heterocycles. The number of esters is 1. The van der Waals surface area contributed by atoms with Crippen molar-refractivity contribution in [2.75, 3.05) is 12.8 Å². The predicted molar refractivity (Wildman–Crippen MR) is 51.9 cm³/mol. The maximum atomic E-state index is 11.2. The number of carbonyl (C=O) groups is 1. The van der Waals surface area contributed by atoms with Crippen LogP contribution in [0.2, 0.25) is 5.02 Å². The fraction of sp³-hybridized carbons (Fsp3) is 0.222. The van der Waals surface area contributed by atoms with Gasteiger partial charge in [0.15, 0.2) is 0 Å². The fourth-order valence-electron chi connectivity index (χ4n) is 1.02. The largest absolute Gasteiger partial charge is 0.465 e. The molecule has 0 heterocycles. The van der Waals surface area contributed by atoms with Crippen LogP contribution < -0.4 is 5.73 Å². The highest BCUT2D eigenvalue weighted by atomic mass is 35.5. The number of nitrogen functional groups attached to an aromatic ring is 1. The summed E-state index contributed by atoms with van der Waals surface area (Å²) in [6, 6.07) is 3.15. The molecule has 3 nitrogen and oxygen atoms in total. The number of hydrogen-bond acceptors (Lipinski definition) is 3. The number of carbonyl (C=O) groups excluding carboxylic acids is 1. The highest BCUT2D eigenvalue weighted by molar-refractivity contribution is 6.32. The predicted octanol–water partition coefficient (Wildman–Crippen LogP) is 2.02. The van der Waals surface area contributed by atoms with Gasteiger partial charge in [-0.05, 0) is 24.6 Å². The lowest BCUT2D eigenvalue weighted by Gasteiger charge is -2.06. The van der Waals surface area contributed by atoms with Crippen molar-refractivity contribution in [3.8, 4) is 0 Å². The van der Waals surface area contributed by atoms with Crippen LogP contribution in [0.5, 0.6) is 0 Å². The molecule has 0 aliphatic carbocycles. The first-order chi connectivity index (χ1) is 6.06. The van der Waals surface area contributed by atoms with Crippen LogP contribution in [0.15, 0.2) is 12.1 Å². The topological polar surface area (TPSA) is 52.3 Å². The second-order valence-electron chi connectivity index (χ2n) is 2.67. The van der Waals surface area contributed by atoms with Gasteiger partial charge >= 0.3 is 5.97 Å². The lowest BCUT2D eigenvalue weighted by Crippen LogP contribution is -2.05. The third-order valence-electron chi connectivity index (χ3n) is 1.77. The van der Waals surface area contributed by atoms with Crippen LogP contribution in [0.3, 0.4) is 0 Å². The summed E-state index contributed by atoms with van der Waals surface area (Å²) in [6.07, 6.45) is 0. The molecule has 0 saturated heterocycles. The summed E-state index contributed by atoms with van der Waals surface area (Å²) in [5.41, 5.74) is 7.08. The Bertz CT molecular complexity index is 350. The molecule has 13 heavy (non-hydrogen) atoms. The van der Waals surface area contributed by atoms with Gasteiger partial charge in [0, 0.05) is 10.7 Å².